The molecule has 2 rings (SSSR count). The molecule has 0 spiro atoms. The van der Waals surface area contributed by atoms with Crippen molar-refractivity contribution in [1.82, 2.24) is 9.62 Å². The summed E-state index contributed by atoms with van der Waals surface area (Å²) in [5.41, 5.74) is 2.80. The number of sulfonamides is 1. The van der Waals surface area contributed by atoms with E-state index >= 15 is 0 Å². The first-order valence-electron chi connectivity index (χ1n) is 7.09. The summed E-state index contributed by atoms with van der Waals surface area (Å²) in [7, 11) is -1.45. The average molecular weight is 296 g/mol. The Morgan fingerprint density at radius 2 is 1.85 bits per heavy atom. The maximum absolute atomic E-state index is 12.8. The van der Waals surface area contributed by atoms with Crippen LogP contribution in [0.2, 0.25) is 0 Å². The van der Waals surface area contributed by atoms with Crippen molar-refractivity contribution in [3.8, 4) is 0 Å². The van der Waals surface area contributed by atoms with Crippen LogP contribution in [0.4, 0.5) is 0 Å². The van der Waals surface area contributed by atoms with Crippen LogP contribution in [0.5, 0.6) is 0 Å². The lowest BCUT2D eigenvalue weighted by Gasteiger charge is -2.20. The zero-order valence-electron chi connectivity index (χ0n) is 12.7. The average Bonchev–Trinajstić information content (AvgIpc) is 2.76. The predicted octanol–water partition coefficient (Wildman–Crippen LogP) is 1.84. The number of nitrogens with one attached hydrogen (secondary N) is 1. The summed E-state index contributed by atoms with van der Waals surface area (Å²) in [6, 6.07) is 3.89. The van der Waals surface area contributed by atoms with E-state index in [9.17, 15) is 8.42 Å². The van der Waals surface area contributed by atoms with E-state index in [4.69, 9.17) is 0 Å². The Balaban J connectivity index is 2.33. The first kappa shape index (κ1) is 15.5. The van der Waals surface area contributed by atoms with Crippen molar-refractivity contribution in [2.45, 2.75) is 32.1 Å². The molecule has 0 radical (unpaired) electrons. The maximum Gasteiger partial charge on any atom is 0.243 e. The molecule has 0 aliphatic carbocycles. The van der Waals surface area contributed by atoms with Gasteiger partial charge in [0.25, 0.3) is 0 Å². The molecule has 1 aromatic rings. The Morgan fingerprint density at radius 1 is 1.25 bits per heavy atom. The molecule has 1 fully saturated rings. The molecule has 20 heavy (non-hydrogen) atoms. The number of aryl methyl sites for hydroxylation is 3. The van der Waals surface area contributed by atoms with Crippen molar-refractivity contribution in [3.05, 3.63) is 28.8 Å². The molecule has 1 N–H and O–H groups in total. The van der Waals surface area contributed by atoms with Gasteiger partial charge in [0.1, 0.15) is 0 Å². The van der Waals surface area contributed by atoms with Gasteiger partial charge >= 0.3 is 0 Å². The van der Waals surface area contributed by atoms with E-state index in [0.717, 1.165) is 29.7 Å². The van der Waals surface area contributed by atoms with Gasteiger partial charge < -0.3 is 5.32 Å². The van der Waals surface area contributed by atoms with Crippen LogP contribution in [0.25, 0.3) is 0 Å². The lowest BCUT2D eigenvalue weighted by atomic mass is 10.1. The Hall–Kier alpha value is -0.910. The second-order valence-electron chi connectivity index (χ2n) is 5.80. The fraction of sp³-hybridized carbons (Fsp3) is 0.600. The maximum atomic E-state index is 12.8. The molecule has 112 valence electrons. The van der Waals surface area contributed by atoms with Crippen molar-refractivity contribution in [2.24, 2.45) is 5.92 Å². The monoisotopic (exact) mass is 296 g/mol. The summed E-state index contributed by atoms with van der Waals surface area (Å²) < 4.78 is 27.3. The molecule has 1 aliphatic rings. The van der Waals surface area contributed by atoms with Crippen molar-refractivity contribution in [2.75, 3.05) is 26.7 Å². The van der Waals surface area contributed by atoms with Gasteiger partial charge in [-0.2, -0.15) is 4.31 Å². The summed E-state index contributed by atoms with van der Waals surface area (Å²) in [5, 5.41) is 3.13. The molecule has 1 unspecified atom stereocenters. The van der Waals surface area contributed by atoms with Crippen molar-refractivity contribution >= 4 is 10.0 Å². The normalized spacial score (nSPS) is 20.5. The summed E-state index contributed by atoms with van der Waals surface area (Å²) in [6.07, 6.45) is 0.935. The number of nitrogens with zero attached hydrogens (tertiary/aromatic N) is 1. The summed E-state index contributed by atoms with van der Waals surface area (Å²) >= 11 is 0. The topological polar surface area (TPSA) is 49.4 Å². The SMILES string of the molecule is CNCC1CCN(S(=O)(=O)c2c(C)cc(C)cc2C)C1. The minimum absolute atomic E-state index is 0.417. The van der Waals surface area contributed by atoms with Crippen LogP contribution >= 0.6 is 0 Å². The Kier molecular flexibility index (Phi) is 4.52. The van der Waals surface area contributed by atoms with Gasteiger partial charge in [-0.1, -0.05) is 17.7 Å². The second-order valence-corrected chi connectivity index (χ2v) is 7.68. The van der Waals surface area contributed by atoms with Gasteiger partial charge in [0.2, 0.25) is 10.0 Å². The Bertz CT molecular complexity index is 573. The van der Waals surface area contributed by atoms with Crippen LogP contribution in [-0.2, 0) is 10.0 Å². The molecule has 4 nitrogen and oxygen atoms in total. The molecule has 0 bridgehead atoms. The lowest BCUT2D eigenvalue weighted by Crippen LogP contribution is -2.31. The Morgan fingerprint density at radius 3 is 2.40 bits per heavy atom. The third kappa shape index (κ3) is 2.90. The predicted molar refractivity (Wildman–Crippen MR) is 81.4 cm³/mol. The van der Waals surface area contributed by atoms with E-state index in [2.05, 4.69) is 5.32 Å². The number of hydrogen-bond acceptors (Lipinski definition) is 3. The summed E-state index contributed by atoms with van der Waals surface area (Å²) in [5.74, 6) is 0.417. The molecule has 1 saturated heterocycles. The summed E-state index contributed by atoms with van der Waals surface area (Å²) in [6.45, 7) is 7.88. The highest BCUT2D eigenvalue weighted by Crippen LogP contribution is 2.29. The fourth-order valence-corrected chi connectivity index (χ4v) is 5.12. The van der Waals surface area contributed by atoms with E-state index in [1.165, 1.54) is 0 Å². The van der Waals surface area contributed by atoms with Crippen LogP contribution in [0.3, 0.4) is 0 Å². The molecule has 0 amide bonds. The Labute approximate surface area is 122 Å². The lowest BCUT2D eigenvalue weighted by molar-refractivity contribution is 0.450. The minimum Gasteiger partial charge on any atom is -0.319 e. The summed E-state index contributed by atoms with van der Waals surface area (Å²) in [4.78, 5) is 0.494. The van der Waals surface area contributed by atoms with Gasteiger partial charge in [-0.15, -0.1) is 0 Å². The zero-order chi connectivity index (χ0) is 14.9. The van der Waals surface area contributed by atoms with Crippen molar-refractivity contribution < 1.29 is 8.42 Å². The van der Waals surface area contributed by atoms with Gasteiger partial charge in [0, 0.05) is 13.1 Å². The zero-order valence-corrected chi connectivity index (χ0v) is 13.5. The van der Waals surface area contributed by atoms with Gasteiger partial charge in [-0.3, -0.25) is 0 Å². The molecule has 1 aliphatic heterocycles. The van der Waals surface area contributed by atoms with Crippen LogP contribution in [-0.4, -0.2) is 39.4 Å². The van der Waals surface area contributed by atoms with Crippen LogP contribution < -0.4 is 5.32 Å². The van der Waals surface area contributed by atoms with Gasteiger partial charge in [0.15, 0.2) is 0 Å². The molecule has 0 aromatic heterocycles. The highest BCUT2D eigenvalue weighted by atomic mass is 32.2. The van der Waals surface area contributed by atoms with E-state index in [1.807, 2.05) is 40.0 Å². The third-order valence-corrected chi connectivity index (χ3v) is 6.12. The largest absolute Gasteiger partial charge is 0.319 e. The minimum atomic E-state index is -3.36. The number of benzene rings is 1. The number of rotatable bonds is 4. The van der Waals surface area contributed by atoms with E-state index in [-0.39, 0.29) is 0 Å². The first-order chi connectivity index (χ1) is 9.36. The fourth-order valence-electron chi connectivity index (χ4n) is 3.17. The highest BCUT2D eigenvalue weighted by molar-refractivity contribution is 7.89. The van der Waals surface area contributed by atoms with Gasteiger partial charge in [-0.25, -0.2) is 8.42 Å². The highest BCUT2D eigenvalue weighted by Gasteiger charge is 2.33. The quantitative estimate of drug-likeness (QED) is 0.922. The van der Waals surface area contributed by atoms with Crippen molar-refractivity contribution in [3.63, 3.8) is 0 Å². The van der Waals surface area contributed by atoms with Gasteiger partial charge in [0.05, 0.1) is 4.90 Å². The first-order valence-corrected chi connectivity index (χ1v) is 8.53. The molecule has 1 atom stereocenters. The number of hydrogen-bond donors (Lipinski definition) is 1. The van der Waals surface area contributed by atoms with Crippen LogP contribution in [0.1, 0.15) is 23.1 Å². The van der Waals surface area contributed by atoms with E-state index < -0.39 is 10.0 Å². The molecule has 1 aromatic carbocycles. The third-order valence-electron chi connectivity index (χ3n) is 3.94. The van der Waals surface area contributed by atoms with Crippen LogP contribution in [0, 0.1) is 26.7 Å². The van der Waals surface area contributed by atoms with Crippen LogP contribution in [0.15, 0.2) is 17.0 Å². The van der Waals surface area contributed by atoms with Gasteiger partial charge in [-0.05, 0) is 57.8 Å². The molecular formula is C15H24N2O2S. The van der Waals surface area contributed by atoms with Crippen molar-refractivity contribution in [1.29, 1.82) is 0 Å². The molecule has 1 heterocycles. The molecule has 0 saturated carbocycles. The van der Waals surface area contributed by atoms with E-state index in [1.54, 1.807) is 4.31 Å². The molecular weight excluding hydrogens is 272 g/mol. The van der Waals surface area contributed by atoms with E-state index in [0.29, 0.717) is 23.9 Å². The molecule has 5 heteroatoms. The second kappa shape index (κ2) is 5.84. The smallest absolute Gasteiger partial charge is 0.243 e. The standard InChI is InChI=1S/C15H24N2O2S/c1-11-7-12(2)15(13(3)8-11)20(18,19)17-6-5-14(10-17)9-16-4/h7-8,14,16H,5-6,9-10H2,1-4H3.